The zero-order valence-electron chi connectivity index (χ0n) is 12.6. The fraction of sp³-hybridized carbons (Fsp3) is 0.333. The van der Waals surface area contributed by atoms with Gasteiger partial charge in [-0.2, -0.15) is 0 Å². The average molecular weight is 268 g/mol. The maximum atomic E-state index is 5.68. The van der Waals surface area contributed by atoms with Crippen LogP contribution < -0.4 is 11.1 Å². The number of hydrogen-bond acceptors (Lipinski definition) is 2. The SMILES string of the molecule is Cc1ccc(C(C)C)cc1NCc1cccc(CN)c1. The molecule has 0 atom stereocenters. The topological polar surface area (TPSA) is 38.0 Å². The third kappa shape index (κ3) is 3.61. The van der Waals surface area contributed by atoms with Crippen LogP contribution in [-0.4, -0.2) is 0 Å². The van der Waals surface area contributed by atoms with Crippen molar-refractivity contribution in [1.29, 1.82) is 0 Å². The van der Waals surface area contributed by atoms with Gasteiger partial charge < -0.3 is 11.1 Å². The van der Waals surface area contributed by atoms with Crippen molar-refractivity contribution in [3.05, 3.63) is 64.7 Å². The second-order valence-electron chi connectivity index (χ2n) is 5.61. The van der Waals surface area contributed by atoms with E-state index in [0.29, 0.717) is 12.5 Å². The van der Waals surface area contributed by atoms with Crippen LogP contribution >= 0.6 is 0 Å². The lowest BCUT2D eigenvalue weighted by Crippen LogP contribution is -2.03. The van der Waals surface area contributed by atoms with Crippen LogP contribution in [0.15, 0.2) is 42.5 Å². The average Bonchev–Trinajstić information content (AvgIpc) is 2.46. The van der Waals surface area contributed by atoms with Crippen LogP contribution in [0.1, 0.15) is 42.0 Å². The first kappa shape index (κ1) is 14.6. The summed E-state index contributed by atoms with van der Waals surface area (Å²) in [4.78, 5) is 0. The van der Waals surface area contributed by atoms with Gasteiger partial charge in [-0.15, -0.1) is 0 Å². The van der Waals surface area contributed by atoms with Crippen molar-refractivity contribution < 1.29 is 0 Å². The van der Waals surface area contributed by atoms with E-state index < -0.39 is 0 Å². The number of benzene rings is 2. The highest BCUT2D eigenvalue weighted by atomic mass is 14.9. The highest BCUT2D eigenvalue weighted by Gasteiger charge is 2.04. The Morgan fingerprint density at radius 2 is 1.80 bits per heavy atom. The molecule has 20 heavy (non-hydrogen) atoms. The largest absolute Gasteiger partial charge is 0.381 e. The van der Waals surface area contributed by atoms with E-state index in [0.717, 1.165) is 6.54 Å². The van der Waals surface area contributed by atoms with Gasteiger partial charge in [-0.3, -0.25) is 0 Å². The van der Waals surface area contributed by atoms with Gasteiger partial charge in [0.25, 0.3) is 0 Å². The van der Waals surface area contributed by atoms with Crippen molar-refractivity contribution in [3.8, 4) is 0 Å². The summed E-state index contributed by atoms with van der Waals surface area (Å²) in [5, 5.41) is 3.53. The van der Waals surface area contributed by atoms with Crippen LogP contribution in [0.2, 0.25) is 0 Å². The van der Waals surface area contributed by atoms with Crippen LogP contribution in [-0.2, 0) is 13.1 Å². The number of rotatable bonds is 5. The zero-order valence-corrected chi connectivity index (χ0v) is 12.6. The molecular weight excluding hydrogens is 244 g/mol. The molecule has 0 aromatic heterocycles. The van der Waals surface area contributed by atoms with Crippen LogP contribution in [0.5, 0.6) is 0 Å². The summed E-state index contributed by atoms with van der Waals surface area (Å²) in [6.45, 7) is 8.01. The molecule has 0 spiro atoms. The Balaban J connectivity index is 2.11. The molecule has 2 nitrogen and oxygen atoms in total. The van der Waals surface area contributed by atoms with Gasteiger partial charge in [0.05, 0.1) is 0 Å². The zero-order chi connectivity index (χ0) is 14.5. The van der Waals surface area contributed by atoms with E-state index in [4.69, 9.17) is 5.73 Å². The summed E-state index contributed by atoms with van der Waals surface area (Å²) in [6.07, 6.45) is 0. The first-order chi connectivity index (χ1) is 9.60. The Hall–Kier alpha value is -1.80. The summed E-state index contributed by atoms with van der Waals surface area (Å²) < 4.78 is 0. The van der Waals surface area contributed by atoms with Gasteiger partial charge >= 0.3 is 0 Å². The van der Waals surface area contributed by atoms with Gasteiger partial charge in [0, 0.05) is 18.8 Å². The molecule has 0 amide bonds. The molecule has 106 valence electrons. The number of anilines is 1. The summed E-state index contributed by atoms with van der Waals surface area (Å²) in [6, 6.07) is 15.1. The van der Waals surface area contributed by atoms with Crippen LogP contribution in [0.4, 0.5) is 5.69 Å². The van der Waals surface area contributed by atoms with Crippen molar-refractivity contribution in [2.75, 3.05) is 5.32 Å². The van der Waals surface area contributed by atoms with E-state index in [-0.39, 0.29) is 0 Å². The van der Waals surface area contributed by atoms with Gasteiger partial charge in [-0.05, 0) is 41.2 Å². The molecular formula is C18H24N2. The summed E-state index contributed by atoms with van der Waals surface area (Å²) >= 11 is 0. The third-order valence-electron chi connectivity index (χ3n) is 3.64. The van der Waals surface area contributed by atoms with Crippen LogP contribution in [0, 0.1) is 6.92 Å². The molecule has 0 fully saturated rings. The Morgan fingerprint density at radius 3 is 2.50 bits per heavy atom. The van der Waals surface area contributed by atoms with Crippen molar-refractivity contribution in [2.24, 2.45) is 5.73 Å². The molecule has 0 aliphatic carbocycles. The molecule has 0 saturated carbocycles. The minimum Gasteiger partial charge on any atom is -0.381 e. The molecule has 0 radical (unpaired) electrons. The van der Waals surface area contributed by atoms with Gasteiger partial charge in [0.15, 0.2) is 0 Å². The van der Waals surface area contributed by atoms with Crippen molar-refractivity contribution in [3.63, 3.8) is 0 Å². The highest BCUT2D eigenvalue weighted by molar-refractivity contribution is 5.53. The van der Waals surface area contributed by atoms with E-state index in [1.807, 2.05) is 0 Å². The monoisotopic (exact) mass is 268 g/mol. The number of hydrogen-bond donors (Lipinski definition) is 2. The number of aryl methyl sites for hydroxylation is 1. The molecule has 3 N–H and O–H groups in total. The lowest BCUT2D eigenvalue weighted by atomic mass is 10.0. The Morgan fingerprint density at radius 1 is 1.05 bits per heavy atom. The maximum absolute atomic E-state index is 5.68. The summed E-state index contributed by atoms with van der Waals surface area (Å²) in [5.74, 6) is 0.553. The third-order valence-corrected chi connectivity index (χ3v) is 3.64. The van der Waals surface area contributed by atoms with E-state index >= 15 is 0 Å². The number of nitrogens with two attached hydrogens (primary N) is 1. The molecule has 2 heteroatoms. The van der Waals surface area contributed by atoms with Crippen molar-refractivity contribution in [1.82, 2.24) is 0 Å². The van der Waals surface area contributed by atoms with Gasteiger partial charge in [0.1, 0.15) is 0 Å². The first-order valence-electron chi connectivity index (χ1n) is 7.22. The molecule has 0 aliphatic rings. The van der Waals surface area contributed by atoms with Crippen LogP contribution in [0.25, 0.3) is 0 Å². The minimum atomic E-state index is 0.553. The lowest BCUT2D eigenvalue weighted by Gasteiger charge is -2.14. The Bertz CT molecular complexity index is 573. The maximum Gasteiger partial charge on any atom is 0.0400 e. The Kier molecular flexibility index (Phi) is 4.80. The molecule has 2 rings (SSSR count). The minimum absolute atomic E-state index is 0.553. The Labute approximate surface area is 122 Å². The number of nitrogens with one attached hydrogen (secondary N) is 1. The van der Waals surface area contributed by atoms with E-state index in [9.17, 15) is 0 Å². The van der Waals surface area contributed by atoms with E-state index in [1.165, 1.54) is 27.9 Å². The molecule has 0 saturated heterocycles. The van der Waals surface area contributed by atoms with Gasteiger partial charge in [0.2, 0.25) is 0 Å². The molecule has 2 aromatic rings. The fourth-order valence-electron chi connectivity index (χ4n) is 2.25. The quantitative estimate of drug-likeness (QED) is 0.853. The van der Waals surface area contributed by atoms with Gasteiger partial charge in [-0.25, -0.2) is 0 Å². The predicted octanol–water partition coefficient (Wildman–Crippen LogP) is 4.19. The van der Waals surface area contributed by atoms with E-state index in [2.05, 4.69) is 68.6 Å². The van der Waals surface area contributed by atoms with Crippen LogP contribution in [0.3, 0.4) is 0 Å². The summed E-state index contributed by atoms with van der Waals surface area (Å²) in [5.41, 5.74) is 12.0. The second-order valence-corrected chi connectivity index (χ2v) is 5.61. The summed E-state index contributed by atoms with van der Waals surface area (Å²) in [7, 11) is 0. The fourth-order valence-corrected chi connectivity index (χ4v) is 2.25. The van der Waals surface area contributed by atoms with Crippen molar-refractivity contribution in [2.45, 2.75) is 39.8 Å². The normalized spacial score (nSPS) is 10.8. The molecule has 2 aromatic carbocycles. The molecule has 0 bridgehead atoms. The predicted molar refractivity (Wildman–Crippen MR) is 86.9 cm³/mol. The highest BCUT2D eigenvalue weighted by Crippen LogP contribution is 2.23. The van der Waals surface area contributed by atoms with Gasteiger partial charge in [-0.1, -0.05) is 50.2 Å². The second kappa shape index (κ2) is 6.58. The van der Waals surface area contributed by atoms with Crippen molar-refractivity contribution >= 4 is 5.69 Å². The standard InChI is InChI=1S/C18H24N2/c1-13(2)17-8-7-14(3)18(10-17)20-12-16-6-4-5-15(9-16)11-19/h4-10,13,20H,11-12,19H2,1-3H3. The van der Waals surface area contributed by atoms with E-state index in [1.54, 1.807) is 0 Å². The smallest absolute Gasteiger partial charge is 0.0400 e. The molecule has 0 aliphatic heterocycles. The molecule has 0 heterocycles. The lowest BCUT2D eigenvalue weighted by molar-refractivity contribution is 0.866. The molecule has 0 unspecified atom stereocenters. The first-order valence-corrected chi connectivity index (χ1v) is 7.22.